The average Bonchev–Trinajstić information content (AvgIpc) is 2.88. The van der Waals surface area contributed by atoms with Crippen molar-refractivity contribution in [2.24, 2.45) is 0 Å². The van der Waals surface area contributed by atoms with Crippen molar-refractivity contribution in [3.8, 4) is 0 Å². The molecule has 0 aliphatic carbocycles. The zero-order chi connectivity index (χ0) is 11.0. The average molecular weight is 267 g/mol. The number of thiophene rings is 1. The van der Waals surface area contributed by atoms with Crippen LogP contribution in [-0.2, 0) is 0 Å². The molecule has 0 atom stereocenters. The van der Waals surface area contributed by atoms with Crippen LogP contribution in [0, 0.1) is 0 Å². The third-order valence-electron chi connectivity index (χ3n) is 2.14. The number of fused-ring (bicyclic) bond motifs is 1. The summed E-state index contributed by atoms with van der Waals surface area (Å²) < 4.78 is 1.03. The molecule has 5 heteroatoms. The summed E-state index contributed by atoms with van der Waals surface area (Å²) in [4.78, 5) is 4.48. The number of anilines is 2. The molecule has 2 heterocycles. The zero-order valence-corrected chi connectivity index (χ0v) is 10.5. The highest BCUT2D eigenvalue weighted by molar-refractivity contribution is 7.22. The van der Waals surface area contributed by atoms with Crippen LogP contribution in [-0.4, -0.2) is 4.98 Å². The van der Waals surface area contributed by atoms with Crippen molar-refractivity contribution in [2.75, 3.05) is 5.32 Å². The minimum atomic E-state index is 0.758. The Hall–Kier alpha value is -1.10. The largest absolute Gasteiger partial charge is 0.331 e. The van der Waals surface area contributed by atoms with Gasteiger partial charge in [0.25, 0.3) is 0 Å². The van der Waals surface area contributed by atoms with Gasteiger partial charge in [-0.05, 0) is 23.6 Å². The molecule has 0 fully saturated rings. The lowest BCUT2D eigenvalue weighted by atomic mass is 10.3. The van der Waals surface area contributed by atoms with Crippen molar-refractivity contribution >= 4 is 55.3 Å². The predicted molar refractivity (Wildman–Crippen MR) is 72.2 cm³/mol. The first-order valence-electron chi connectivity index (χ1n) is 4.67. The maximum Gasteiger partial charge on any atom is 0.188 e. The summed E-state index contributed by atoms with van der Waals surface area (Å²) in [5.41, 5.74) is 2.01. The van der Waals surface area contributed by atoms with E-state index in [9.17, 15) is 0 Å². The van der Waals surface area contributed by atoms with Crippen molar-refractivity contribution < 1.29 is 0 Å². The molecule has 3 rings (SSSR count). The Balaban J connectivity index is 2.02. The SMILES string of the molecule is Clc1cccc2nc(Nc3ccsc3)sc12. The first kappa shape index (κ1) is 10.1. The lowest BCUT2D eigenvalue weighted by Crippen LogP contribution is -1.85. The fourth-order valence-corrected chi connectivity index (χ4v) is 3.19. The molecule has 1 N–H and O–H groups in total. The molecule has 16 heavy (non-hydrogen) atoms. The lowest BCUT2D eigenvalue weighted by Gasteiger charge is -1.95. The van der Waals surface area contributed by atoms with Crippen molar-refractivity contribution in [1.82, 2.24) is 4.98 Å². The van der Waals surface area contributed by atoms with Gasteiger partial charge in [0.1, 0.15) is 0 Å². The van der Waals surface area contributed by atoms with E-state index in [1.165, 1.54) is 0 Å². The van der Waals surface area contributed by atoms with Crippen LogP contribution in [0.25, 0.3) is 10.2 Å². The van der Waals surface area contributed by atoms with Crippen LogP contribution >= 0.6 is 34.3 Å². The van der Waals surface area contributed by atoms with E-state index in [2.05, 4.69) is 10.3 Å². The molecule has 0 radical (unpaired) electrons. The molecule has 0 aliphatic heterocycles. The Morgan fingerprint density at radius 1 is 1.25 bits per heavy atom. The first-order chi connectivity index (χ1) is 7.83. The van der Waals surface area contributed by atoms with E-state index in [0.717, 1.165) is 26.1 Å². The molecule has 0 saturated carbocycles. The Labute approximate surface area is 106 Å². The van der Waals surface area contributed by atoms with Gasteiger partial charge in [0.15, 0.2) is 5.13 Å². The summed E-state index contributed by atoms with van der Waals surface area (Å²) in [5.74, 6) is 0. The van der Waals surface area contributed by atoms with Crippen LogP contribution < -0.4 is 5.32 Å². The minimum Gasteiger partial charge on any atom is -0.331 e. The van der Waals surface area contributed by atoms with Crippen molar-refractivity contribution in [3.63, 3.8) is 0 Å². The van der Waals surface area contributed by atoms with Gasteiger partial charge in [-0.15, -0.1) is 0 Å². The summed E-state index contributed by atoms with van der Waals surface area (Å²) >= 11 is 9.33. The van der Waals surface area contributed by atoms with Crippen molar-refractivity contribution in [3.05, 3.63) is 40.0 Å². The smallest absolute Gasteiger partial charge is 0.188 e. The number of hydrogen-bond acceptors (Lipinski definition) is 4. The second-order valence-corrected chi connectivity index (χ2v) is 5.43. The number of thiazole rings is 1. The number of nitrogens with one attached hydrogen (secondary N) is 1. The maximum atomic E-state index is 6.10. The third-order valence-corrected chi connectivity index (χ3v) is 4.27. The Morgan fingerprint density at radius 2 is 2.19 bits per heavy atom. The number of benzene rings is 1. The van der Waals surface area contributed by atoms with Crippen LogP contribution in [0.15, 0.2) is 35.0 Å². The van der Waals surface area contributed by atoms with Gasteiger partial charge in [-0.25, -0.2) is 4.98 Å². The van der Waals surface area contributed by atoms with Crippen LogP contribution in [0.2, 0.25) is 5.02 Å². The highest BCUT2D eigenvalue weighted by atomic mass is 35.5. The van der Waals surface area contributed by atoms with Gasteiger partial charge >= 0.3 is 0 Å². The van der Waals surface area contributed by atoms with E-state index in [1.807, 2.05) is 35.0 Å². The van der Waals surface area contributed by atoms with E-state index in [0.29, 0.717) is 0 Å². The van der Waals surface area contributed by atoms with Gasteiger partial charge in [-0.1, -0.05) is 29.0 Å². The molecule has 0 unspecified atom stereocenters. The van der Waals surface area contributed by atoms with Crippen molar-refractivity contribution in [2.45, 2.75) is 0 Å². The van der Waals surface area contributed by atoms with Crippen LogP contribution in [0.3, 0.4) is 0 Å². The van der Waals surface area contributed by atoms with E-state index >= 15 is 0 Å². The fraction of sp³-hybridized carbons (Fsp3) is 0. The van der Waals surface area contributed by atoms with Gasteiger partial charge in [0.05, 0.1) is 20.9 Å². The quantitative estimate of drug-likeness (QED) is 0.724. The lowest BCUT2D eigenvalue weighted by molar-refractivity contribution is 1.45. The molecule has 3 aromatic rings. The summed E-state index contributed by atoms with van der Waals surface area (Å²) in [5, 5.41) is 8.97. The maximum absolute atomic E-state index is 6.10. The van der Waals surface area contributed by atoms with Gasteiger partial charge in [-0.3, -0.25) is 0 Å². The second-order valence-electron chi connectivity index (χ2n) is 3.24. The zero-order valence-electron chi connectivity index (χ0n) is 8.11. The second kappa shape index (κ2) is 4.05. The van der Waals surface area contributed by atoms with E-state index in [4.69, 9.17) is 11.6 Å². The molecule has 1 aromatic carbocycles. The van der Waals surface area contributed by atoms with E-state index < -0.39 is 0 Å². The summed E-state index contributed by atoms with van der Waals surface area (Å²) in [6, 6.07) is 7.80. The molecule has 80 valence electrons. The number of rotatable bonds is 2. The molecule has 2 aromatic heterocycles. The van der Waals surface area contributed by atoms with E-state index in [-0.39, 0.29) is 0 Å². The molecule has 0 aliphatic rings. The molecule has 0 saturated heterocycles. The van der Waals surface area contributed by atoms with Crippen LogP contribution in [0.1, 0.15) is 0 Å². The molecule has 0 spiro atoms. The van der Waals surface area contributed by atoms with Gasteiger partial charge in [0.2, 0.25) is 0 Å². The number of aromatic nitrogens is 1. The number of hydrogen-bond donors (Lipinski definition) is 1. The standard InChI is InChI=1S/C11H7ClN2S2/c12-8-2-1-3-9-10(8)16-11(14-9)13-7-4-5-15-6-7/h1-6H,(H,13,14). The van der Waals surface area contributed by atoms with Gasteiger partial charge in [-0.2, -0.15) is 11.3 Å². The van der Waals surface area contributed by atoms with Crippen LogP contribution in [0.5, 0.6) is 0 Å². The summed E-state index contributed by atoms with van der Waals surface area (Å²) in [6.07, 6.45) is 0. The van der Waals surface area contributed by atoms with Crippen LogP contribution in [0.4, 0.5) is 10.8 Å². The van der Waals surface area contributed by atoms with Crippen molar-refractivity contribution in [1.29, 1.82) is 0 Å². The monoisotopic (exact) mass is 266 g/mol. The summed E-state index contributed by atoms with van der Waals surface area (Å²) in [7, 11) is 0. The Bertz CT molecular complexity index is 616. The molecule has 0 bridgehead atoms. The fourth-order valence-electron chi connectivity index (χ4n) is 1.43. The number of halogens is 1. The highest BCUT2D eigenvalue weighted by Crippen LogP contribution is 2.33. The topological polar surface area (TPSA) is 24.9 Å². The Kier molecular flexibility index (Phi) is 2.55. The summed E-state index contributed by atoms with van der Waals surface area (Å²) in [6.45, 7) is 0. The molecular formula is C11H7ClN2S2. The molecular weight excluding hydrogens is 260 g/mol. The normalized spacial score (nSPS) is 10.8. The van der Waals surface area contributed by atoms with Gasteiger partial charge < -0.3 is 5.32 Å². The minimum absolute atomic E-state index is 0.758. The number of nitrogens with zero attached hydrogens (tertiary/aromatic N) is 1. The van der Waals surface area contributed by atoms with Gasteiger partial charge in [0, 0.05) is 5.38 Å². The third kappa shape index (κ3) is 1.80. The molecule has 0 amide bonds. The van der Waals surface area contributed by atoms with E-state index in [1.54, 1.807) is 22.7 Å². The predicted octanol–water partition coefficient (Wildman–Crippen LogP) is 4.75. The molecule has 2 nitrogen and oxygen atoms in total. The first-order valence-corrected chi connectivity index (χ1v) is 6.81. The Morgan fingerprint density at radius 3 is 2.94 bits per heavy atom. The highest BCUT2D eigenvalue weighted by Gasteiger charge is 2.06.